The Kier molecular flexibility index (Phi) is 5.36. The van der Waals surface area contributed by atoms with E-state index in [1.165, 1.54) is 0 Å². The second kappa shape index (κ2) is 6.35. The molecule has 8 heteroatoms. The second-order valence-corrected chi connectivity index (χ2v) is 6.25. The summed E-state index contributed by atoms with van der Waals surface area (Å²) in [4.78, 5) is -0.985. The van der Waals surface area contributed by atoms with E-state index in [0.717, 1.165) is 17.9 Å². The lowest BCUT2D eigenvalue weighted by Gasteiger charge is -2.09. The van der Waals surface area contributed by atoms with Gasteiger partial charge in [0.2, 0.25) is 10.0 Å². The summed E-state index contributed by atoms with van der Waals surface area (Å²) in [5.74, 6) is -1.62. The predicted molar refractivity (Wildman–Crippen MR) is 69.0 cm³/mol. The summed E-state index contributed by atoms with van der Waals surface area (Å²) >= 11 is 1.56. The van der Waals surface area contributed by atoms with Crippen LogP contribution >= 0.6 is 11.8 Å². The molecule has 0 amide bonds. The number of benzene rings is 1. The molecule has 0 aliphatic rings. The van der Waals surface area contributed by atoms with Crippen LogP contribution in [0.1, 0.15) is 6.42 Å². The molecular weight excluding hydrogens is 282 g/mol. The van der Waals surface area contributed by atoms with Crippen molar-refractivity contribution in [3.63, 3.8) is 0 Å². The molecule has 1 aromatic carbocycles. The Morgan fingerprint density at radius 2 is 1.89 bits per heavy atom. The molecule has 0 aliphatic heterocycles. The van der Waals surface area contributed by atoms with E-state index in [0.29, 0.717) is 6.42 Å². The van der Waals surface area contributed by atoms with E-state index in [1.54, 1.807) is 11.8 Å². The zero-order valence-electron chi connectivity index (χ0n) is 9.74. The first kappa shape index (κ1) is 15.2. The third-order valence-electron chi connectivity index (χ3n) is 2.11. The number of hydrogen-bond donors (Lipinski definition) is 2. The molecule has 18 heavy (non-hydrogen) atoms. The highest BCUT2D eigenvalue weighted by Crippen LogP contribution is 2.21. The number of nitrogens with one attached hydrogen (secondary N) is 1. The number of hydrogen-bond acceptors (Lipinski definition) is 4. The van der Waals surface area contributed by atoms with Gasteiger partial charge in [-0.05, 0) is 30.6 Å². The minimum Gasteiger partial charge on any atom is -0.399 e. The van der Waals surface area contributed by atoms with Gasteiger partial charge in [0.1, 0.15) is 11.6 Å². The molecule has 3 N–H and O–H groups in total. The number of thioether (sulfide) groups is 1. The maximum absolute atomic E-state index is 13.4. The van der Waals surface area contributed by atoms with E-state index in [-0.39, 0.29) is 12.2 Å². The normalized spacial score (nSPS) is 11.7. The van der Waals surface area contributed by atoms with Crippen molar-refractivity contribution in [3.8, 4) is 0 Å². The first-order chi connectivity index (χ1) is 8.38. The van der Waals surface area contributed by atoms with E-state index in [1.807, 2.05) is 6.26 Å². The molecule has 4 nitrogen and oxygen atoms in total. The molecule has 0 heterocycles. The lowest BCUT2D eigenvalue weighted by molar-refractivity contribution is 0.515. The summed E-state index contributed by atoms with van der Waals surface area (Å²) in [6, 6.07) is 1.55. The van der Waals surface area contributed by atoms with E-state index < -0.39 is 26.6 Å². The van der Waals surface area contributed by atoms with Gasteiger partial charge in [0.25, 0.3) is 0 Å². The summed E-state index contributed by atoms with van der Waals surface area (Å²) < 4.78 is 52.4. The van der Waals surface area contributed by atoms with Crippen LogP contribution in [0.5, 0.6) is 0 Å². The number of sulfonamides is 1. The molecule has 0 aliphatic carbocycles. The van der Waals surface area contributed by atoms with Gasteiger partial charge in [0.15, 0.2) is 4.90 Å². The van der Waals surface area contributed by atoms with Gasteiger partial charge in [0, 0.05) is 12.2 Å². The fourth-order valence-corrected chi connectivity index (χ4v) is 2.95. The van der Waals surface area contributed by atoms with Crippen molar-refractivity contribution >= 4 is 27.5 Å². The van der Waals surface area contributed by atoms with Crippen molar-refractivity contribution in [2.75, 3.05) is 24.3 Å². The Bertz CT molecular complexity index is 498. The zero-order valence-corrected chi connectivity index (χ0v) is 11.4. The van der Waals surface area contributed by atoms with E-state index >= 15 is 0 Å². The Hall–Kier alpha value is -0.860. The molecule has 0 saturated heterocycles. The van der Waals surface area contributed by atoms with Crippen molar-refractivity contribution in [2.45, 2.75) is 11.3 Å². The van der Waals surface area contributed by atoms with Crippen molar-refractivity contribution in [1.82, 2.24) is 4.72 Å². The topological polar surface area (TPSA) is 72.2 Å². The van der Waals surface area contributed by atoms with Gasteiger partial charge in [-0.25, -0.2) is 21.9 Å². The fraction of sp³-hybridized carbons (Fsp3) is 0.400. The van der Waals surface area contributed by atoms with Crippen LogP contribution in [-0.4, -0.2) is 27.0 Å². The third kappa shape index (κ3) is 3.82. The number of nitrogen functional groups attached to an aromatic ring is 1. The van der Waals surface area contributed by atoms with Crippen LogP contribution in [0, 0.1) is 11.6 Å². The molecule has 1 rings (SSSR count). The summed E-state index contributed by atoms with van der Waals surface area (Å²) in [5, 5.41) is 0. The van der Waals surface area contributed by atoms with Crippen LogP contribution in [0.3, 0.4) is 0 Å². The summed E-state index contributed by atoms with van der Waals surface area (Å²) in [6.07, 6.45) is 2.46. The molecule has 0 fully saturated rings. The molecule has 0 saturated carbocycles. The molecule has 0 unspecified atom stereocenters. The van der Waals surface area contributed by atoms with E-state index in [4.69, 9.17) is 5.73 Å². The Labute approximate surface area is 109 Å². The molecule has 0 atom stereocenters. The molecular formula is C10H14F2N2O2S2. The van der Waals surface area contributed by atoms with E-state index in [2.05, 4.69) is 4.72 Å². The van der Waals surface area contributed by atoms with Gasteiger partial charge >= 0.3 is 0 Å². The van der Waals surface area contributed by atoms with Crippen molar-refractivity contribution in [2.24, 2.45) is 0 Å². The highest BCUT2D eigenvalue weighted by Gasteiger charge is 2.23. The SMILES string of the molecule is CSCCCNS(=O)(=O)c1c(F)cc(N)cc1F. The molecule has 0 bridgehead atoms. The van der Waals surface area contributed by atoms with Crippen LogP contribution in [-0.2, 0) is 10.0 Å². The average Bonchev–Trinajstić information content (AvgIpc) is 2.22. The number of rotatable bonds is 6. The maximum atomic E-state index is 13.4. The van der Waals surface area contributed by atoms with Gasteiger partial charge in [-0.2, -0.15) is 11.8 Å². The van der Waals surface area contributed by atoms with Crippen molar-refractivity contribution < 1.29 is 17.2 Å². The standard InChI is InChI=1S/C10H14F2N2O2S2/c1-17-4-2-3-14-18(15,16)10-8(11)5-7(13)6-9(10)12/h5-6,14H,2-4,13H2,1H3. The minimum atomic E-state index is -4.18. The average molecular weight is 296 g/mol. The lowest BCUT2D eigenvalue weighted by atomic mass is 10.3. The Morgan fingerprint density at radius 1 is 1.33 bits per heavy atom. The summed E-state index contributed by atoms with van der Waals surface area (Å²) in [7, 11) is -4.18. The quantitative estimate of drug-likeness (QED) is 0.617. The first-order valence-corrected chi connectivity index (χ1v) is 7.99. The second-order valence-electron chi connectivity index (χ2n) is 3.56. The maximum Gasteiger partial charge on any atom is 0.246 e. The molecule has 1 aromatic rings. The molecule has 0 radical (unpaired) electrons. The smallest absolute Gasteiger partial charge is 0.246 e. The van der Waals surface area contributed by atoms with Gasteiger partial charge in [-0.3, -0.25) is 0 Å². The van der Waals surface area contributed by atoms with Crippen LogP contribution in [0.4, 0.5) is 14.5 Å². The fourth-order valence-electron chi connectivity index (χ4n) is 1.33. The first-order valence-electron chi connectivity index (χ1n) is 5.11. The number of nitrogens with two attached hydrogens (primary N) is 1. The monoisotopic (exact) mass is 296 g/mol. The van der Waals surface area contributed by atoms with E-state index in [9.17, 15) is 17.2 Å². The van der Waals surface area contributed by atoms with Gasteiger partial charge in [-0.1, -0.05) is 0 Å². The van der Waals surface area contributed by atoms with Crippen molar-refractivity contribution in [1.29, 1.82) is 0 Å². The van der Waals surface area contributed by atoms with Gasteiger partial charge in [0.05, 0.1) is 0 Å². The predicted octanol–water partition coefficient (Wildman–Crippen LogP) is 1.58. The van der Waals surface area contributed by atoms with Crippen LogP contribution in [0.15, 0.2) is 17.0 Å². The highest BCUT2D eigenvalue weighted by atomic mass is 32.2. The zero-order chi connectivity index (χ0) is 13.8. The molecule has 0 aromatic heterocycles. The Balaban J connectivity index is 2.92. The minimum absolute atomic E-state index is 0.131. The summed E-state index contributed by atoms with van der Waals surface area (Å²) in [5.41, 5.74) is 5.05. The number of halogens is 2. The van der Waals surface area contributed by atoms with Gasteiger partial charge < -0.3 is 5.73 Å². The Morgan fingerprint density at radius 3 is 2.39 bits per heavy atom. The lowest BCUT2D eigenvalue weighted by Crippen LogP contribution is -2.27. The highest BCUT2D eigenvalue weighted by molar-refractivity contribution is 7.98. The van der Waals surface area contributed by atoms with Gasteiger partial charge in [-0.15, -0.1) is 0 Å². The van der Waals surface area contributed by atoms with Crippen molar-refractivity contribution in [3.05, 3.63) is 23.8 Å². The third-order valence-corrected chi connectivity index (χ3v) is 4.32. The molecule has 0 spiro atoms. The van der Waals surface area contributed by atoms with Crippen LogP contribution < -0.4 is 10.5 Å². The largest absolute Gasteiger partial charge is 0.399 e. The summed E-state index contributed by atoms with van der Waals surface area (Å²) in [6.45, 7) is 0.131. The van der Waals surface area contributed by atoms with Crippen LogP contribution in [0.2, 0.25) is 0 Å². The van der Waals surface area contributed by atoms with Crippen LogP contribution in [0.25, 0.3) is 0 Å². The molecule has 102 valence electrons. The number of anilines is 1.